The molecule has 2 rings (SSSR count). The van der Waals surface area contributed by atoms with E-state index in [4.69, 9.17) is 16.0 Å². The van der Waals surface area contributed by atoms with Crippen molar-refractivity contribution in [3.8, 4) is 0 Å². The number of benzene rings is 1. The van der Waals surface area contributed by atoms with Crippen molar-refractivity contribution in [3.05, 3.63) is 52.9 Å². The number of para-hydroxylation sites is 1. The Morgan fingerprint density at radius 3 is 2.74 bits per heavy atom. The van der Waals surface area contributed by atoms with Crippen molar-refractivity contribution in [1.29, 1.82) is 0 Å². The number of furan rings is 1. The lowest BCUT2D eigenvalue weighted by molar-refractivity contribution is 0.102. The molecule has 1 amide bonds. The van der Waals surface area contributed by atoms with Crippen LogP contribution in [0.4, 0.5) is 5.69 Å². The van der Waals surface area contributed by atoms with E-state index in [1.54, 1.807) is 6.07 Å². The summed E-state index contributed by atoms with van der Waals surface area (Å²) < 4.78 is 4.93. The van der Waals surface area contributed by atoms with Crippen LogP contribution in [-0.4, -0.2) is 5.91 Å². The number of hydrogen-bond donors (Lipinski definition) is 1. The van der Waals surface area contributed by atoms with Gasteiger partial charge in [-0.3, -0.25) is 4.79 Å². The molecule has 0 aliphatic carbocycles. The quantitative estimate of drug-likeness (QED) is 0.880. The van der Waals surface area contributed by atoms with E-state index in [0.29, 0.717) is 11.5 Å². The third-order valence-corrected chi connectivity index (χ3v) is 3.51. The monoisotopic (exact) mass is 277 g/mol. The molecule has 1 aromatic carbocycles. The summed E-state index contributed by atoms with van der Waals surface area (Å²) in [7, 11) is 0. The van der Waals surface area contributed by atoms with Gasteiger partial charge in [0, 0.05) is 5.69 Å². The molecule has 100 valence electrons. The Kier molecular flexibility index (Phi) is 4.27. The van der Waals surface area contributed by atoms with E-state index in [0.717, 1.165) is 17.7 Å². The van der Waals surface area contributed by atoms with Crippen molar-refractivity contribution in [2.24, 2.45) is 0 Å². The molecule has 0 saturated carbocycles. The predicted octanol–water partition coefficient (Wildman–Crippen LogP) is 4.70. The Labute approximate surface area is 117 Å². The molecule has 2 aromatic rings. The molecular formula is C15H16ClNO2. The second kappa shape index (κ2) is 5.93. The number of carbonyl (C=O) groups excluding carboxylic acids is 1. The fourth-order valence-corrected chi connectivity index (χ4v) is 2.11. The molecule has 1 N–H and O–H groups in total. The smallest absolute Gasteiger partial charge is 0.260 e. The van der Waals surface area contributed by atoms with Crippen LogP contribution in [0.2, 0.25) is 5.22 Å². The average Bonchev–Trinajstić information content (AvgIpc) is 2.85. The maximum Gasteiger partial charge on any atom is 0.260 e. The van der Waals surface area contributed by atoms with Crippen LogP contribution < -0.4 is 5.32 Å². The number of carbonyl (C=O) groups is 1. The molecule has 19 heavy (non-hydrogen) atoms. The lowest BCUT2D eigenvalue weighted by Gasteiger charge is -2.15. The summed E-state index contributed by atoms with van der Waals surface area (Å²) in [4.78, 5) is 12.1. The van der Waals surface area contributed by atoms with Gasteiger partial charge in [-0.2, -0.15) is 0 Å². The minimum absolute atomic E-state index is 0.110. The first-order chi connectivity index (χ1) is 9.13. The standard InChI is InChI=1S/C15H16ClNO2/c1-3-10(2)11-6-4-5-7-13(11)17-15(18)12-8-9-19-14(12)16/h4-10H,3H2,1-2H3,(H,17,18). The first kappa shape index (κ1) is 13.7. The summed E-state index contributed by atoms with van der Waals surface area (Å²) in [5.41, 5.74) is 2.29. The Morgan fingerprint density at radius 1 is 1.37 bits per heavy atom. The van der Waals surface area contributed by atoms with Gasteiger partial charge in [-0.05, 0) is 41.6 Å². The maximum absolute atomic E-state index is 12.1. The summed E-state index contributed by atoms with van der Waals surface area (Å²) in [6.07, 6.45) is 2.41. The van der Waals surface area contributed by atoms with Gasteiger partial charge in [-0.25, -0.2) is 0 Å². The highest BCUT2D eigenvalue weighted by atomic mass is 35.5. The van der Waals surface area contributed by atoms with Gasteiger partial charge in [0.1, 0.15) is 0 Å². The van der Waals surface area contributed by atoms with Gasteiger partial charge in [0.25, 0.3) is 5.91 Å². The molecule has 1 unspecified atom stereocenters. The van der Waals surface area contributed by atoms with Crippen molar-refractivity contribution < 1.29 is 9.21 Å². The first-order valence-corrected chi connectivity index (χ1v) is 6.64. The molecule has 1 aromatic heterocycles. The van der Waals surface area contributed by atoms with E-state index in [1.807, 2.05) is 24.3 Å². The molecule has 0 aliphatic heterocycles. The van der Waals surface area contributed by atoms with Crippen LogP contribution in [0.25, 0.3) is 0 Å². The fourth-order valence-electron chi connectivity index (χ4n) is 1.91. The summed E-state index contributed by atoms with van der Waals surface area (Å²) in [5.74, 6) is 0.130. The Morgan fingerprint density at radius 2 is 2.11 bits per heavy atom. The number of anilines is 1. The second-order valence-corrected chi connectivity index (χ2v) is 4.80. The van der Waals surface area contributed by atoms with Crippen LogP contribution in [-0.2, 0) is 0 Å². The molecular weight excluding hydrogens is 262 g/mol. The van der Waals surface area contributed by atoms with E-state index in [9.17, 15) is 4.79 Å². The van der Waals surface area contributed by atoms with Crippen molar-refractivity contribution >= 4 is 23.2 Å². The summed E-state index contributed by atoms with van der Waals surface area (Å²) in [6, 6.07) is 9.36. The van der Waals surface area contributed by atoms with E-state index in [-0.39, 0.29) is 11.1 Å². The van der Waals surface area contributed by atoms with Gasteiger partial charge in [-0.15, -0.1) is 0 Å². The zero-order valence-corrected chi connectivity index (χ0v) is 11.7. The number of rotatable bonds is 4. The van der Waals surface area contributed by atoms with E-state index in [1.165, 1.54) is 6.26 Å². The van der Waals surface area contributed by atoms with Crippen molar-refractivity contribution in [1.82, 2.24) is 0 Å². The van der Waals surface area contributed by atoms with Gasteiger partial charge in [0.2, 0.25) is 5.22 Å². The summed E-state index contributed by atoms with van der Waals surface area (Å²) in [6.45, 7) is 4.26. The lowest BCUT2D eigenvalue weighted by atomic mass is 9.97. The third kappa shape index (κ3) is 2.99. The Bertz CT molecular complexity index is 577. The number of halogens is 1. The molecule has 1 heterocycles. The SMILES string of the molecule is CCC(C)c1ccccc1NC(=O)c1ccoc1Cl. The molecule has 4 heteroatoms. The Balaban J connectivity index is 2.24. The van der Waals surface area contributed by atoms with Gasteiger partial charge in [0.05, 0.1) is 11.8 Å². The molecule has 3 nitrogen and oxygen atoms in total. The highest BCUT2D eigenvalue weighted by Gasteiger charge is 2.15. The summed E-state index contributed by atoms with van der Waals surface area (Å²) in [5, 5.41) is 3.00. The van der Waals surface area contributed by atoms with Gasteiger partial charge in [-0.1, -0.05) is 32.0 Å². The number of amides is 1. The number of nitrogens with one attached hydrogen (secondary N) is 1. The number of hydrogen-bond acceptors (Lipinski definition) is 2. The van der Waals surface area contributed by atoms with Crippen molar-refractivity contribution in [2.75, 3.05) is 5.32 Å². The molecule has 0 fully saturated rings. The van der Waals surface area contributed by atoms with Crippen molar-refractivity contribution in [2.45, 2.75) is 26.2 Å². The maximum atomic E-state index is 12.1. The lowest BCUT2D eigenvalue weighted by Crippen LogP contribution is -2.13. The first-order valence-electron chi connectivity index (χ1n) is 6.26. The topological polar surface area (TPSA) is 42.2 Å². The minimum Gasteiger partial charge on any atom is -0.452 e. The van der Waals surface area contributed by atoms with E-state index >= 15 is 0 Å². The van der Waals surface area contributed by atoms with Crippen LogP contribution in [0.15, 0.2) is 41.0 Å². The van der Waals surface area contributed by atoms with Crippen LogP contribution in [0.1, 0.15) is 42.1 Å². The van der Waals surface area contributed by atoms with Gasteiger partial charge in [0.15, 0.2) is 0 Å². The van der Waals surface area contributed by atoms with Crippen LogP contribution in [0.5, 0.6) is 0 Å². The van der Waals surface area contributed by atoms with Crippen LogP contribution in [0, 0.1) is 0 Å². The molecule has 0 radical (unpaired) electrons. The van der Waals surface area contributed by atoms with Crippen LogP contribution in [0.3, 0.4) is 0 Å². The van der Waals surface area contributed by atoms with Gasteiger partial charge < -0.3 is 9.73 Å². The fraction of sp³-hybridized carbons (Fsp3) is 0.267. The summed E-state index contributed by atoms with van der Waals surface area (Å²) >= 11 is 5.80. The van der Waals surface area contributed by atoms with Gasteiger partial charge >= 0.3 is 0 Å². The second-order valence-electron chi connectivity index (χ2n) is 4.46. The minimum atomic E-state index is -0.255. The zero-order chi connectivity index (χ0) is 13.8. The van der Waals surface area contributed by atoms with E-state index in [2.05, 4.69) is 19.2 Å². The third-order valence-electron chi connectivity index (χ3n) is 3.21. The molecule has 0 bridgehead atoms. The van der Waals surface area contributed by atoms with E-state index < -0.39 is 0 Å². The normalized spacial score (nSPS) is 12.2. The molecule has 1 atom stereocenters. The molecule has 0 saturated heterocycles. The van der Waals surface area contributed by atoms with Crippen LogP contribution >= 0.6 is 11.6 Å². The average molecular weight is 278 g/mol. The van der Waals surface area contributed by atoms with Crippen molar-refractivity contribution in [3.63, 3.8) is 0 Å². The highest BCUT2D eigenvalue weighted by Crippen LogP contribution is 2.27. The largest absolute Gasteiger partial charge is 0.452 e. The Hall–Kier alpha value is -1.74. The highest BCUT2D eigenvalue weighted by molar-refractivity contribution is 6.32. The molecule has 0 spiro atoms. The zero-order valence-electron chi connectivity index (χ0n) is 10.9. The predicted molar refractivity (Wildman–Crippen MR) is 76.8 cm³/mol. The molecule has 0 aliphatic rings.